The van der Waals surface area contributed by atoms with Gasteiger partial charge >= 0.3 is 0 Å². The first kappa shape index (κ1) is 11.0. The van der Waals surface area contributed by atoms with Crippen LogP contribution in [0.2, 0.25) is 0 Å². The van der Waals surface area contributed by atoms with Crippen LogP contribution < -0.4 is 0 Å². The van der Waals surface area contributed by atoms with Gasteiger partial charge in [-0.15, -0.1) is 0 Å². The largest absolute Gasteiger partial charge is 0.228 e. The van der Waals surface area contributed by atoms with E-state index in [0.29, 0.717) is 6.42 Å². The summed E-state index contributed by atoms with van der Waals surface area (Å²) in [6.45, 7) is 0. The molecule has 0 saturated heterocycles. The predicted molar refractivity (Wildman–Crippen MR) is 75.6 cm³/mol. The molecule has 0 fully saturated rings. The average Bonchev–Trinajstić information content (AvgIpc) is 2.47. The van der Waals surface area contributed by atoms with E-state index in [-0.39, 0.29) is 0 Å². The summed E-state index contributed by atoms with van der Waals surface area (Å²) in [5, 5.41) is 12.4. The molecule has 2 aliphatic carbocycles. The Bertz CT molecular complexity index is 682. The second-order valence-electron chi connectivity index (χ2n) is 5.39. The van der Waals surface area contributed by atoms with Crippen LogP contribution in [0.1, 0.15) is 28.4 Å². The third kappa shape index (κ3) is 1.58. The van der Waals surface area contributed by atoms with Gasteiger partial charge in [0.1, 0.15) is 6.10 Å². The zero-order valence-electron chi connectivity index (χ0n) is 10.7. The average molecular weight is 247 g/mol. The van der Waals surface area contributed by atoms with E-state index in [0.717, 1.165) is 24.0 Å². The Labute approximate surface area is 113 Å². The van der Waals surface area contributed by atoms with Gasteiger partial charge in [-0.2, -0.15) is 0 Å². The molecular weight excluding hydrogens is 232 g/mol. The Morgan fingerprint density at radius 3 is 2.63 bits per heavy atom. The Morgan fingerprint density at radius 2 is 1.68 bits per heavy atom. The monoisotopic (exact) mass is 247 g/mol. The lowest BCUT2D eigenvalue weighted by molar-refractivity contribution is 0.0884. The molecule has 1 nitrogen and oxygen atoms in total. The van der Waals surface area contributed by atoms with Crippen molar-refractivity contribution in [2.24, 2.45) is 0 Å². The molecule has 2 aromatic carbocycles. The Kier molecular flexibility index (Phi) is 2.36. The van der Waals surface area contributed by atoms with Crippen LogP contribution in [0.3, 0.4) is 0 Å². The zero-order chi connectivity index (χ0) is 12.8. The SMILES string of the molecule is [O]C1Cc2c(ccc3c2CC=CC3)-c2ccccc21. The number of fused-ring (bicyclic) bond motifs is 5. The van der Waals surface area contributed by atoms with E-state index in [1.165, 1.54) is 22.3 Å². The van der Waals surface area contributed by atoms with Crippen LogP contribution in [0.25, 0.3) is 11.1 Å². The first-order valence-corrected chi connectivity index (χ1v) is 6.88. The molecule has 1 unspecified atom stereocenters. The van der Waals surface area contributed by atoms with Gasteiger partial charge in [-0.25, -0.2) is 5.11 Å². The van der Waals surface area contributed by atoms with Crippen LogP contribution in [-0.2, 0) is 24.4 Å². The summed E-state index contributed by atoms with van der Waals surface area (Å²) in [5.41, 5.74) is 7.46. The molecule has 19 heavy (non-hydrogen) atoms. The van der Waals surface area contributed by atoms with Crippen LogP contribution in [0.5, 0.6) is 0 Å². The van der Waals surface area contributed by atoms with Crippen LogP contribution in [0.15, 0.2) is 48.6 Å². The van der Waals surface area contributed by atoms with Crippen molar-refractivity contribution in [3.8, 4) is 11.1 Å². The summed E-state index contributed by atoms with van der Waals surface area (Å²) in [7, 11) is 0. The summed E-state index contributed by atoms with van der Waals surface area (Å²) in [6.07, 6.45) is 6.47. The molecule has 2 aromatic rings. The topological polar surface area (TPSA) is 19.9 Å². The van der Waals surface area contributed by atoms with E-state index >= 15 is 0 Å². The molecule has 0 heterocycles. The fraction of sp³-hybridized carbons (Fsp3) is 0.222. The molecule has 0 saturated carbocycles. The van der Waals surface area contributed by atoms with E-state index in [1.54, 1.807) is 0 Å². The normalized spacial score (nSPS) is 19.5. The Hall–Kier alpha value is -1.86. The number of hydrogen-bond donors (Lipinski definition) is 0. The lowest BCUT2D eigenvalue weighted by Crippen LogP contribution is -2.14. The fourth-order valence-corrected chi connectivity index (χ4v) is 3.40. The second kappa shape index (κ2) is 4.07. The molecule has 4 rings (SSSR count). The molecule has 1 atom stereocenters. The van der Waals surface area contributed by atoms with E-state index in [9.17, 15) is 5.11 Å². The van der Waals surface area contributed by atoms with Crippen molar-refractivity contribution in [3.63, 3.8) is 0 Å². The highest BCUT2D eigenvalue weighted by molar-refractivity contribution is 5.75. The highest BCUT2D eigenvalue weighted by atomic mass is 16.3. The molecular formula is C18H15O. The van der Waals surface area contributed by atoms with Crippen molar-refractivity contribution in [1.29, 1.82) is 0 Å². The second-order valence-corrected chi connectivity index (χ2v) is 5.39. The molecule has 0 amide bonds. The van der Waals surface area contributed by atoms with Crippen molar-refractivity contribution >= 4 is 0 Å². The summed E-state index contributed by atoms with van der Waals surface area (Å²) >= 11 is 0. The Balaban J connectivity index is 1.99. The number of benzene rings is 2. The smallest absolute Gasteiger partial charge is 0.123 e. The van der Waals surface area contributed by atoms with Crippen molar-refractivity contribution in [2.75, 3.05) is 0 Å². The molecule has 0 spiro atoms. The van der Waals surface area contributed by atoms with E-state index in [4.69, 9.17) is 0 Å². The molecule has 1 radical (unpaired) electrons. The lowest BCUT2D eigenvalue weighted by Gasteiger charge is -2.27. The minimum Gasteiger partial charge on any atom is -0.228 e. The van der Waals surface area contributed by atoms with Gasteiger partial charge in [-0.1, -0.05) is 48.6 Å². The van der Waals surface area contributed by atoms with E-state index in [1.807, 2.05) is 18.2 Å². The van der Waals surface area contributed by atoms with Crippen molar-refractivity contribution in [1.82, 2.24) is 0 Å². The molecule has 0 N–H and O–H groups in total. The van der Waals surface area contributed by atoms with Crippen LogP contribution in [0.4, 0.5) is 0 Å². The molecule has 0 aliphatic heterocycles. The van der Waals surface area contributed by atoms with Crippen LogP contribution >= 0.6 is 0 Å². The molecule has 0 bridgehead atoms. The zero-order valence-corrected chi connectivity index (χ0v) is 10.7. The van der Waals surface area contributed by atoms with Crippen LogP contribution in [-0.4, -0.2) is 0 Å². The quantitative estimate of drug-likeness (QED) is 0.626. The first-order valence-electron chi connectivity index (χ1n) is 6.88. The highest BCUT2D eigenvalue weighted by Gasteiger charge is 2.26. The fourth-order valence-electron chi connectivity index (χ4n) is 3.40. The lowest BCUT2D eigenvalue weighted by atomic mass is 9.78. The van der Waals surface area contributed by atoms with Crippen molar-refractivity contribution in [2.45, 2.75) is 25.4 Å². The molecule has 2 aliphatic rings. The molecule has 93 valence electrons. The van der Waals surface area contributed by atoms with Gasteiger partial charge in [0.15, 0.2) is 0 Å². The third-order valence-electron chi connectivity index (χ3n) is 4.34. The van der Waals surface area contributed by atoms with Gasteiger partial charge < -0.3 is 0 Å². The predicted octanol–water partition coefficient (Wildman–Crippen LogP) is 4.04. The summed E-state index contributed by atoms with van der Waals surface area (Å²) < 4.78 is 0. The van der Waals surface area contributed by atoms with Gasteiger partial charge in [-0.05, 0) is 46.2 Å². The number of allylic oxidation sites excluding steroid dienone is 2. The van der Waals surface area contributed by atoms with Gasteiger partial charge in [0.05, 0.1) is 0 Å². The summed E-state index contributed by atoms with van der Waals surface area (Å²) in [5.74, 6) is 0. The Morgan fingerprint density at radius 1 is 0.842 bits per heavy atom. The molecule has 1 heteroatoms. The van der Waals surface area contributed by atoms with Gasteiger partial charge in [0.25, 0.3) is 0 Å². The standard InChI is InChI=1S/C18H15O/c19-18-11-17-13-6-2-1-5-12(13)9-10-15(17)14-7-3-4-8-16(14)18/h1-4,7-10,18H,5-6,11H2. The van der Waals surface area contributed by atoms with Crippen molar-refractivity contribution < 1.29 is 5.11 Å². The van der Waals surface area contributed by atoms with Gasteiger partial charge in [-0.3, -0.25) is 0 Å². The highest BCUT2D eigenvalue weighted by Crippen LogP contribution is 2.41. The molecule has 0 aromatic heterocycles. The van der Waals surface area contributed by atoms with Crippen LogP contribution in [0, 0.1) is 0 Å². The number of hydrogen-bond acceptors (Lipinski definition) is 0. The first-order chi connectivity index (χ1) is 9.34. The maximum absolute atomic E-state index is 12.4. The van der Waals surface area contributed by atoms with Gasteiger partial charge in [0, 0.05) is 6.42 Å². The summed E-state index contributed by atoms with van der Waals surface area (Å²) in [4.78, 5) is 0. The van der Waals surface area contributed by atoms with Crippen molar-refractivity contribution in [3.05, 3.63) is 70.8 Å². The number of rotatable bonds is 0. The van der Waals surface area contributed by atoms with E-state index < -0.39 is 6.10 Å². The van der Waals surface area contributed by atoms with Gasteiger partial charge in [0.2, 0.25) is 0 Å². The maximum Gasteiger partial charge on any atom is 0.123 e. The van der Waals surface area contributed by atoms with E-state index in [2.05, 4.69) is 30.4 Å². The third-order valence-corrected chi connectivity index (χ3v) is 4.34. The minimum absolute atomic E-state index is 0.610. The minimum atomic E-state index is -0.610. The maximum atomic E-state index is 12.4. The summed E-state index contributed by atoms with van der Waals surface area (Å²) in [6, 6.07) is 12.5.